The Kier molecular flexibility index (Phi) is 12.3. The first-order valence-electron chi connectivity index (χ1n) is 13.5. The average Bonchev–Trinajstić information content (AvgIpc) is 2.99. The minimum absolute atomic E-state index is 0.0697. The lowest BCUT2D eigenvalue weighted by Crippen LogP contribution is -2.55. The molecule has 3 rings (SSSR count). The molecular weight excluding hydrogens is 608 g/mol. The second-order valence-electron chi connectivity index (χ2n) is 9.98. The largest absolute Gasteiger partial charge is 0.463 e. The summed E-state index contributed by atoms with van der Waals surface area (Å²) >= 11 is 5.90. The van der Waals surface area contributed by atoms with Crippen LogP contribution in [0.4, 0.5) is 5.69 Å². The summed E-state index contributed by atoms with van der Waals surface area (Å²) in [5.74, 6) is -2.56. The van der Waals surface area contributed by atoms with Gasteiger partial charge in [-0.1, -0.05) is 66.2 Å². The fourth-order valence-electron chi connectivity index (χ4n) is 4.01. The molecule has 0 aliphatic heterocycles. The molecular formula is C30H35ClN6O6S. The molecule has 0 saturated carbocycles. The van der Waals surface area contributed by atoms with Crippen LogP contribution < -0.4 is 21.1 Å². The van der Waals surface area contributed by atoms with E-state index in [0.29, 0.717) is 21.8 Å². The summed E-state index contributed by atoms with van der Waals surface area (Å²) in [4.78, 5) is 40.0. The number of halogens is 1. The SMILES string of the molecule is CC(C(=O)NCc1ccc(NC(=N)N)cc1)N(C)C(=O)[C@@H](COC(=O)Cc1ccccc1)NS(=O)(=O)Cc1ccc(Cl)cc1. The third-order valence-corrected chi connectivity index (χ3v) is 8.11. The van der Waals surface area contributed by atoms with Crippen molar-refractivity contribution in [3.05, 3.63) is 101 Å². The van der Waals surface area contributed by atoms with Crippen LogP contribution in [0.5, 0.6) is 0 Å². The number of carbonyl (C=O) groups is 3. The van der Waals surface area contributed by atoms with Gasteiger partial charge in [0.25, 0.3) is 0 Å². The topological polar surface area (TPSA) is 184 Å². The summed E-state index contributed by atoms with van der Waals surface area (Å²) < 4.78 is 33.7. The molecule has 0 aliphatic carbocycles. The van der Waals surface area contributed by atoms with Crippen LogP contribution in [0.15, 0.2) is 78.9 Å². The Balaban J connectivity index is 1.68. The molecule has 6 N–H and O–H groups in total. The Morgan fingerprint density at radius 1 is 0.955 bits per heavy atom. The minimum Gasteiger partial charge on any atom is -0.463 e. The Bertz CT molecular complexity index is 1550. The quantitative estimate of drug-likeness (QED) is 0.101. The monoisotopic (exact) mass is 642 g/mol. The molecule has 234 valence electrons. The van der Waals surface area contributed by atoms with E-state index in [1.165, 1.54) is 14.0 Å². The molecule has 0 bridgehead atoms. The third kappa shape index (κ3) is 11.0. The van der Waals surface area contributed by atoms with Crippen molar-refractivity contribution < 1.29 is 27.5 Å². The van der Waals surface area contributed by atoms with Gasteiger partial charge in [0.15, 0.2) is 5.96 Å². The number of hydrogen-bond donors (Lipinski definition) is 5. The fraction of sp³-hybridized carbons (Fsp3) is 0.267. The Hall–Kier alpha value is -4.46. The standard InChI is InChI=1S/C30H35ClN6O6S/c1-20(28(39)34-17-22-10-14-25(15-11-22)35-30(32)33)37(2)29(40)26(18-43-27(38)16-21-6-4-3-5-7-21)36-44(41,42)19-23-8-12-24(31)13-9-23/h3-15,20,26,36H,16-19H2,1-2H3,(H,34,39)(H4,32,33,35)/t20?,26-/m1/s1. The van der Waals surface area contributed by atoms with E-state index in [1.807, 2.05) is 0 Å². The molecule has 2 atom stereocenters. The summed E-state index contributed by atoms with van der Waals surface area (Å²) in [6.07, 6.45) is -0.0697. The number of hydrogen-bond acceptors (Lipinski definition) is 7. The summed E-state index contributed by atoms with van der Waals surface area (Å²) in [5, 5.41) is 13.1. The molecule has 0 saturated heterocycles. The molecule has 0 aromatic heterocycles. The zero-order chi connectivity index (χ0) is 32.3. The maximum absolute atomic E-state index is 13.5. The van der Waals surface area contributed by atoms with Crippen molar-refractivity contribution in [3.8, 4) is 0 Å². The summed E-state index contributed by atoms with van der Waals surface area (Å²) in [6.45, 7) is 1.07. The molecule has 0 aliphatic rings. The number of carbonyl (C=O) groups excluding carboxylic acids is 3. The van der Waals surface area contributed by atoms with Crippen LogP contribution in [0.3, 0.4) is 0 Å². The number of esters is 1. The van der Waals surface area contributed by atoms with E-state index in [-0.39, 0.29) is 18.9 Å². The van der Waals surface area contributed by atoms with Crippen LogP contribution in [0, 0.1) is 5.41 Å². The van der Waals surface area contributed by atoms with Crippen LogP contribution in [-0.2, 0) is 47.9 Å². The lowest BCUT2D eigenvalue weighted by Gasteiger charge is -2.28. The van der Waals surface area contributed by atoms with Crippen LogP contribution in [-0.4, -0.2) is 62.8 Å². The van der Waals surface area contributed by atoms with E-state index in [4.69, 9.17) is 27.5 Å². The molecule has 14 heteroatoms. The Morgan fingerprint density at radius 2 is 1.57 bits per heavy atom. The van der Waals surface area contributed by atoms with E-state index in [0.717, 1.165) is 10.5 Å². The van der Waals surface area contributed by atoms with Gasteiger partial charge < -0.3 is 26.0 Å². The number of ether oxygens (including phenoxy) is 1. The van der Waals surface area contributed by atoms with Gasteiger partial charge in [-0.3, -0.25) is 19.8 Å². The zero-order valence-electron chi connectivity index (χ0n) is 24.2. The molecule has 0 radical (unpaired) electrons. The van der Waals surface area contributed by atoms with Gasteiger partial charge in [-0.2, -0.15) is 4.72 Å². The first-order valence-corrected chi connectivity index (χ1v) is 15.5. The van der Waals surface area contributed by atoms with Gasteiger partial charge in [0.1, 0.15) is 18.7 Å². The van der Waals surface area contributed by atoms with E-state index in [2.05, 4.69) is 15.4 Å². The van der Waals surface area contributed by atoms with Gasteiger partial charge in [0.2, 0.25) is 21.8 Å². The van der Waals surface area contributed by atoms with Crippen molar-refractivity contribution >= 4 is 51.1 Å². The van der Waals surface area contributed by atoms with E-state index in [9.17, 15) is 22.8 Å². The van der Waals surface area contributed by atoms with E-state index >= 15 is 0 Å². The lowest BCUT2D eigenvalue weighted by atomic mass is 10.1. The normalized spacial score (nSPS) is 12.4. The molecule has 44 heavy (non-hydrogen) atoms. The molecule has 0 fully saturated rings. The number of amides is 2. The van der Waals surface area contributed by atoms with Crippen molar-refractivity contribution in [1.82, 2.24) is 14.9 Å². The van der Waals surface area contributed by atoms with Crippen molar-refractivity contribution in [3.63, 3.8) is 0 Å². The first kappa shape index (κ1) is 34.0. The number of guanidine groups is 1. The van der Waals surface area contributed by atoms with Gasteiger partial charge in [0, 0.05) is 24.3 Å². The summed E-state index contributed by atoms with van der Waals surface area (Å²) in [6, 6.07) is 19.4. The number of benzene rings is 3. The predicted molar refractivity (Wildman–Crippen MR) is 168 cm³/mol. The Morgan fingerprint density at radius 3 is 2.18 bits per heavy atom. The molecule has 3 aromatic rings. The highest BCUT2D eigenvalue weighted by Gasteiger charge is 2.32. The van der Waals surface area contributed by atoms with Crippen LogP contribution in [0.25, 0.3) is 0 Å². The van der Waals surface area contributed by atoms with Gasteiger partial charge in [-0.05, 0) is 47.9 Å². The van der Waals surface area contributed by atoms with Gasteiger partial charge >= 0.3 is 5.97 Å². The van der Waals surface area contributed by atoms with Crippen LogP contribution in [0.2, 0.25) is 5.02 Å². The smallest absolute Gasteiger partial charge is 0.310 e. The van der Waals surface area contributed by atoms with E-state index in [1.54, 1.807) is 78.9 Å². The van der Waals surface area contributed by atoms with Crippen molar-refractivity contribution in [1.29, 1.82) is 5.41 Å². The predicted octanol–water partition coefficient (Wildman–Crippen LogP) is 2.38. The van der Waals surface area contributed by atoms with Crippen LogP contribution >= 0.6 is 11.6 Å². The number of rotatable bonds is 14. The molecule has 3 aromatic carbocycles. The van der Waals surface area contributed by atoms with Crippen molar-refractivity contribution in [2.45, 2.75) is 37.7 Å². The number of nitrogens with zero attached hydrogens (tertiary/aromatic N) is 1. The second-order valence-corrected chi connectivity index (χ2v) is 12.2. The molecule has 1 unspecified atom stereocenters. The third-order valence-electron chi connectivity index (χ3n) is 6.50. The summed E-state index contributed by atoms with van der Waals surface area (Å²) in [5.41, 5.74) is 7.81. The van der Waals surface area contributed by atoms with Gasteiger partial charge in [-0.15, -0.1) is 0 Å². The van der Waals surface area contributed by atoms with Gasteiger partial charge in [0.05, 0.1) is 12.2 Å². The number of nitrogens with one attached hydrogen (secondary N) is 4. The maximum atomic E-state index is 13.5. The first-order chi connectivity index (χ1) is 20.8. The number of likely N-dealkylation sites (N-methyl/N-ethyl adjacent to an activating group) is 1. The zero-order valence-corrected chi connectivity index (χ0v) is 25.8. The van der Waals surface area contributed by atoms with Crippen molar-refractivity contribution in [2.75, 3.05) is 19.0 Å². The van der Waals surface area contributed by atoms with Crippen LogP contribution in [0.1, 0.15) is 23.6 Å². The fourth-order valence-corrected chi connectivity index (χ4v) is 5.46. The lowest BCUT2D eigenvalue weighted by molar-refractivity contribution is -0.147. The highest BCUT2D eigenvalue weighted by molar-refractivity contribution is 7.88. The highest BCUT2D eigenvalue weighted by Crippen LogP contribution is 2.13. The number of anilines is 1. The Labute approximate surface area is 261 Å². The average molecular weight is 643 g/mol. The molecule has 0 heterocycles. The minimum atomic E-state index is -4.09. The second kappa shape index (κ2) is 15.8. The molecule has 0 spiro atoms. The maximum Gasteiger partial charge on any atom is 0.310 e. The van der Waals surface area contributed by atoms with E-state index < -0.39 is 52.3 Å². The molecule has 12 nitrogen and oxygen atoms in total. The highest BCUT2D eigenvalue weighted by atomic mass is 35.5. The number of sulfonamides is 1. The summed E-state index contributed by atoms with van der Waals surface area (Å²) in [7, 11) is -2.73. The van der Waals surface area contributed by atoms with Gasteiger partial charge in [-0.25, -0.2) is 8.42 Å². The molecule has 2 amide bonds. The number of nitrogens with two attached hydrogens (primary N) is 1. The van der Waals surface area contributed by atoms with Crippen molar-refractivity contribution in [2.24, 2.45) is 5.73 Å².